The molecule has 0 saturated heterocycles. The summed E-state index contributed by atoms with van der Waals surface area (Å²) in [5.74, 6) is 2.12. The second-order valence-corrected chi connectivity index (χ2v) is 6.17. The van der Waals surface area contributed by atoms with E-state index in [0.717, 1.165) is 18.0 Å². The molecule has 0 bridgehead atoms. The molecule has 0 aliphatic heterocycles. The number of methoxy groups -OCH3 is 1. The summed E-state index contributed by atoms with van der Waals surface area (Å²) in [4.78, 5) is 1.38. The summed E-state index contributed by atoms with van der Waals surface area (Å²) in [6, 6.07) is 12.4. The van der Waals surface area contributed by atoms with Crippen molar-refractivity contribution in [2.45, 2.75) is 19.9 Å². The molecule has 0 amide bonds. The summed E-state index contributed by atoms with van der Waals surface area (Å²) >= 11 is 1.80. The molecule has 0 aliphatic rings. The summed E-state index contributed by atoms with van der Waals surface area (Å²) < 4.78 is 11.1. The van der Waals surface area contributed by atoms with Crippen LogP contribution >= 0.6 is 11.3 Å². The van der Waals surface area contributed by atoms with Crippen LogP contribution in [0.3, 0.4) is 0 Å². The predicted octanol–water partition coefficient (Wildman–Crippen LogP) is 4.12. The van der Waals surface area contributed by atoms with Crippen LogP contribution in [-0.4, -0.2) is 20.3 Å². The van der Waals surface area contributed by atoms with Gasteiger partial charge in [-0.05, 0) is 29.5 Å². The van der Waals surface area contributed by atoms with E-state index in [1.165, 1.54) is 4.88 Å². The van der Waals surface area contributed by atoms with E-state index in [9.17, 15) is 0 Å². The SMILES string of the molecule is COc1ccccc1OCCNC(c1cccs1)C(C)C. The second-order valence-electron chi connectivity index (χ2n) is 5.19. The Balaban J connectivity index is 1.83. The maximum atomic E-state index is 5.79. The van der Waals surface area contributed by atoms with Crippen LogP contribution in [0, 0.1) is 5.92 Å². The van der Waals surface area contributed by atoms with E-state index in [2.05, 4.69) is 36.7 Å². The normalized spacial score (nSPS) is 12.4. The Kier molecular flexibility index (Phi) is 6.08. The maximum absolute atomic E-state index is 5.79. The largest absolute Gasteiger partial charge is 0.493 e. The van der Waals surface area contributed by atoms with Crippen LogP contribution in [0.25, 0.3) is 0 Å². The third-order valence-electron chi connectivity index (χ3n) is 3.31. The average Bonchev–Trinajstić information content (AvgIpc) is 3.01. The molecule has 4 heteroatoms. The molecule has 0 radical (unpaired) electrons. The Bertz CT molecular complexity index is 525. The first-order valence-corrected chi connectivity index (χ1v) is 8.13. The number of ether oxygens (including phenoxy) is 2. The van der Waals surface area contributed by atoms with Gasteiger partial charge in [-0.3, -0.25) is 0 Å². The molecule has 1 aromatic heterocycles. The Hall–Kier alpha value is -1.52. The molecule has 0 fully saturated rings. The third-order valence-corrected chi connectivity index (χ3v) is 4.26. The summed E-state index contributed by atoms with van der Waals surface area (Å²) in [6.45, 7) is 5.89. The molecule has 1 unspecified atom stereocenters. The minimum Gasteiger partial charge on any atom is -0.493 e. The molecule has 2 aromatic rings. The van der Waals surface area contributed by atoms with Crippen LogP contribution in [-0.2, 0) is 0 Å². The zero-order valence-electron chi connectivity index (χ0n) is 12.8. The monoisotopic (exact) mass is 305 g/mol. The number of nitrogens with one attached hydrogen (secondary N) is 1. The van der Waals surface area contributed by atoms with Gasteiger partial charge in [-0.1, -0.05) is 32.0 Å². The lowest BCUT2D eigenvalue weighted by atomic mass is 10.0. The van der Waals surface area contributed by atoms with Crippen LogP contribution in [0.2, 0.25) is 0 Å². The lowest BCUT2D eigenvalue weighted by Crippen LogP contribution is -2.29. The molecule has 21 heavy (non-hydrogen) atoms. The van der Waals surface area contributed by atoms with Crippen LogP contribution in [0.1, 0.15) is 24.8 Å². The van der Waals surface area contributed by atoms with Crippen molar-refractivity contribution in [2.75, 3.05) is 20.3 Å². The fourth-order valence-electron chi connectivity index (χ4n) is 2.25. The molecule has 0 saturated carbocycles. The molecule has 1 aromatic carbocycles. The van der Waals surface area contributed by atoms with Crippen LogP contribution in [0.5, 0.6) is 11.5 Å². The van der Waals surface area contributed by atoms with Crippen molar-refractivity contribution in [3.05, 3.63) is 46.7 Å². The van der Waals surface area contributed by atoms with Gasteiger partial charge in [0.1, 0.15) is 6.61 Å². The Morgan fingerprint density at radius 3 is 2.48 bits per heavy atom. The van der Waals surface area contributed by atoms with Crippen molar-refractivity contribution in [3.8, 4) is 11.5 Å². The number of benzene rings is 1. The summed E-state index contributed by atoms with van der Waals surface area (Å²) in [5, 5.41) is 5.70. The molecular weight excluding hydrogens is 282 g/mol. The Morgan fingerprint density at radius 1 is 1.10 bits per heavy atom. The van der Waals surface area contributed by atoms with Crippen LogP contribution < -0.4 is 14.8 Å². The van der Waals surface area contributed by atoms with Gasteiger partial charge >= 0.3 is 0 Å². The topological polar surface area (TPSA) is 30.5 Å². The van der Waals surface area contributed by atoms with E-state index in [1.807, 2.05) is 24.3 Å². The lowest BCUT2D eigenvalue weighted by Gasteiger charge is -2.21. The van der Waals surface area contributed by atoms with E-state index in [0.29, 0.717) is 18.6 Å². The molecule has 2 rings (SSSR count). The third kappa shape index (κ3) is 4.48. The molecule has 1 atom stereocenters. The zero-order chi connectivity index (χ0) is 15.1. The molecule has 114 valence electrons. The van der Waals surface area contributed by atoms with Crippen LogP contribution in [0.15, 0.2) is 41.8 Å². The van der Waals surface area contributed by atoms with Gasteiger partial charge in [-0.25, -0.2) is 0 Å². The molecule has 0 aliphatic carbocycles. The van der Waals surface area contributed by atoms with Gasteiger partial charge in [0.2, 0.25) is 0 Å². The van der Waals surface area contributed by atoms with Gasteiger partial charge in [-0.2, -0.15) is 0 Å². The van der Waals surface area contributed by atoms with E-state index in [1.54, 1.807) is 18.4 Å². The van der Waals surface area contributed by atoms with E-state index in [4.69, 9.17) is 9.47 Å². The number of rotatable bonds is 8. The van der Waals surface area contributed by atoms with Gasteiger partial charge in [0.05, 0.1) is 7.11 Å². The van der Waals surface area contributed by atoms with Crippen LogP contribution in [0.4, 0.5) is 0 Å². The molecule has 0 spiro atoms. The first-order valence-electron chi connectivity index (χ1n) is 7.25. The van der Waals surface area contributed by atoms with Crippen molar-refractivity contribution < 1.29 is 9.47 Å². The minimum absolute atomic E-state index is 0.381. The van der Waals surface area contributed by atoms with Crippen molar-refractivity contribution in [2.24, 2.45) is 5.92 Å². The van der Waals surface area contributed by atoms with Crippen molar-refractivity contribution in [3.63, 3.8) is 0 Å². The highest BCUT2D eigenvalue weighted by atomic mass is 32.1. The summed E-state index contributed by atoms with van der Waals surface area (Å²) in [5.41, 5.74) is 0. The number of thiophene rings is 1. The first kappa shape index (κ1) is 15.9. The second kappa shape index (κ2) is 8.05. The maximum Gasteiger partial charge on any atom is 0.161 e. The lowest BCUT2D eigenvalue weighted by molar-refractivity contribution is 0.279. The minimum atomic E-state index is 0.381. The first-order chi connectivity index (χ1) is 10.2. The number of hydrogen-bond acceptors (Lipinski definition) is 4. The van der Waals surface area contributed by atoms with Gasteiger partial charge in [0.25, 0.3) is 0 Å². The number of para-hydroxylation sites is 2. The van der Waals surface area contributed by atoms with E-state index in [-0.39, 0.29) is 0 Å². The van der Waals surface area contributed by atoms with E-state index >= 15 is 0 Å². The zero-order valence-corrected chi connectivity index (χ0v) is 13.7. The highest BCUT2D eigenvalue weighted by Crippen LogP contribution is 2.27. The Morgan fingerprint density at radius 2 is 1.86 bits per heavy atom. The van der Waals surface area contributed by atoms with Gasteiger partial charge in [-0.15, -0.1) is 11.3 Å². The smallest absolute Gasteiger partial charge is 0.161 e. The average molecular weight is 305 g/mol. The van der Waals surface area contributed by atoms with E-state index < -0.39 is 0 Å². The molecular formula is C17H23NO2S. The molecule has 1 heterocycles. The van der Waals surface area contributed by atoms with Crippen molar-refractivity contribution in [1.82, 2.24) is 5.32 Å². The quantitative estimate of drug-likeness (QED) is 0.744. The molecule has 1 N–H and O–H groups in total. The fraction of sp³-hybridized carbons (Fsp3) is 0.412. The fourth-order valence-corrected chi connectivity index (χ4v) is 3.22. The number of hydrogen-bond donors (Lipinski definition) is 1. The summed E-state index contributed by atoms with van der Waals surface area (Å²) in [6.07, 6.45) is 0. The standard InChI is InChI=1S/C17H23NO2S/c1-13(2)17(16-9-6-12-21-16)18-10-11-20-15-8-5-4-7-14(15)19-3/h4-9,12-13,17-18H,10-11H2,1-3H3. The molecule has 3 nitrogen and oxygen atoms in total. The van der Waals surface area contributed by atoms with Gasteiger partial charge < -0.3 is 14.8 Å². The highest BCUT2D eigenvalue weighted by molar-refractivity contribution is 7.10. The van der Waals surface area contributed by atoms with Gasteiger partial charge in [0, 0.05) is 17.5 Å². The van der Waals surface area contributed by atoms with Gasteiger partial charge in [0.15, 0.2) is 11.5 Å². The Labute approximate surface area is 130 Å². The summed E-state index contributed by atoms with van der Waals surface area (Å²) in [7, 11) is 1.66. The predicted molar refractivity (Wildman–Crippen MR) is 88.4 cm³/mol. The highest BCUT2D eigenvalue weighted by Gasteiger charge is 2.15. The van der Waals surface area contributed by atoms with Crippen molar-refractivity contribution >= 4 is 11.3 Å². The van der Waals surface area contributed by atoms with Crippen molar-refractivity contribution in [1.29, 1.82) is 0 Å².